The van der Waals surface area contributed by atoms with Gasteiger partial charge in [0.1, 0.15) is 0 Å². The second-order valence-corrected chi connectivity index (χ2v) is 14.9. The largest absolute Gasteiger partial charge is 0.405 e. The highest BCUT2D eigenvalue weighted by Crippen LogP contribution is 2.37. The molecule has 0 N–H and O–H groups in total. The molecule has 0 aliphatic carbocycles. The summed E-state index contributed by atoms with van der Waals surface area (Å²) in [5.74, 6) is 0. The third-order valence-electron chi connectivity index (χ3n) is 6.29. The van der Waals surface area contributed by atoms with Crippen LogP contribution in [-0.4, -0.2) is 19.8 Å². The zero-order chi connectivity index (χ0) is 22.6. The van der Waals surface area contributed by atoms with Gasteiger partial charge < -0.3 is 4.43 Å². The molecule has 0 aromatic heterocycles. The fourth-order valence-electron chi connectivity index (χ4n) is 4.64. The van der Waals surface area contributed by atoms with Gasteiger partial charge in [-0.25, -0.2) is 0 Å². The van der Waals surface area contributed by atoms with E-state index in [-0.39, 0.29) is 11.1 Å². The Bertz CT molecular complexity index is 671. The normalized spacial score (nSPS) is 13.3. The molecule has 1 nitrogen and oxygen atoms in total. The number of unbranched alkanes of at least 4 members (excludes halogenated alkanes) is 7. The third kappa shape index (κ3) is 7.87. The highest BCUT2D eigenvalue weighted by atomic mass is 79.9. The summed E-state index contributed by atoms with van der Waals surface area (Å²) in [6, 6.07) is 22.0. The lowest BCUT2D eigenvalue weighted by atomic mass is 10.1. The van der Waals surface area contributed by atoms with Crippen molar-refractivity contribution < 1.29 is 4.43 Å². The highest BCUT2D eigenvalue weighted by Gasteiger charge is 2.50. The number of hydrogen-bond donors (Lipinski definition) is 0. The Morgan fingerprint density at radius 1 is 0.710 bits per heavy atom. The molecule has 172 valence electrons. The highest BCUT2D eigenvalue weighted by molar-refractivity contribution is 9.09. The van der Waals surface area contributed by atoms with Gasteiger partial charge in [-0.3, -0.25) is 0 Å². The van der Waals surface area contributed by atoms with Crippen molar-refractivity contribution in [1.29, 1.82) is 0 Å². The zero-order valence-electron chi connectivity index (χ0n) is 20.2. The second-order valence-electron chi connectivity index (χ2n) is 9.90. The van der Waals surface area contributed by atoms with Gasteiger partial charge in [0.15, 0.2) is 0 Å². The van der Waals surface area contributed by atoms with Crippen LogP contribution in [0.4, 0.5) is 0 Å². The summed E-state index contributed by atoms with van der Waals surface area (Å²) in [4.78, 5) is 0. The van der Waals surface area contributed by atoms with Gasteiger partial charge in [0.25, 0.3) is 8.32 Å². The molecule has 0 amide bonds. The van der Waals surface area contributed by atoms with E-state index in [1.54, 1.807) is 0 Å². The molecule has 0 fully saturated rings. The smallest absolute Gasteiger partial charge is 0.261 e. The van der Waals surface area contributed by atoms with Crippen LogP contribution in [0.1, 0.15) is 85.5 Å². The van der Waals surface area contributed by atoms with Crippen molar-refractivity contribution in [3.8, 4) is 0 Å². The maximum absolute atomic E-state index is 7.18. The summed E-state index contributed by atoms with van der Waals surface area (Å²) in [6.45, 7) is 9.38. The molecule has 2 aromatic carbocycles. The first-order valence-corrected chi connectivity index (χ1v) is 15.3. The molecule has 0 aliphatic rings. The van der Waals surface area contributed by atoms with Crippen LogP contribution in [0.2, 0.25) is 5.04 Å². The van der Waals surface area contributed by atoms with Gasteiger partial charge in [0.2, 0.25) is 0 Å². The molecular weight excluding hydrogens is 460 g/mol. The predicted octanol–water partition coefficient (Wildman–Crippen LogP) is 7.86. The second kappa shape index (κ2) is 13.6. The first-order chi connectivity index (χ1) is 14.9. The summed E-state index contributed by atoms with van der Waals surface area (Å²) in [7, 11) is -2.41. The Morgan fingerprint density at radius 3 is 1.55 bits per heavy atom. The maximum Gasteiger partial charge on any atom is 0.261 e. The molecule has 0 saturated carbocycles. The summed E-state index contributed by atoms with van der Waals surface area (Å²) in [6.07, 6.45) is 12.2. The Labute approximate surface area is 201 Å². The van der Waals surface area contributed by atoms with E-state index in [2.05, 4.69) is 104 Å². The molecule has 0 aliphatic heterocycles. The SMILES string of the molecule is C[C@@H](CCCCCCCCCCBr)O[Si](c1ccccc1)(c1ccccc1)C(C)(C)C. The standard InChI is InChI=1S/C28H43BrOSi/c1-25(19-13-9-7-5-6-8-10-18-24-29)30-31(28(2,3)4,26-20-14-11-15-21-26)27-22-16-12-17-23-27/h11-12,14-17,20-23,25H,5-10,13,18-19,24H2,1-4H3/t25-/m0/s1. The van der Waals surface area contributed by atoms with Crippen molar-refractivity contribution in [2.45, 2.75) is 96.6 Å². The molecule has 2 aromatic rings. The first kappa shape index (κ1) is 26.4. The van der Waals surface area contributed by atoms with E-state index in [9.17, 15) is 0 Å². The Balaban J connectivity index is 2.02. The number of rotatable bonds is 14. The quantitative estimate of drug-likeness (QED) is 0.145. The Morgan fingerprint density at radius 2 is 1.13 bits per heavy atom. The van der Waals surface area contributed by atoms with E-state index in [1.807, 2.05) is 0 Å². The van der Waals surface area contributed by atoms with Gasteiger partial charge in [-0.2, -0.15) is 0 Å². The molecule has 0 spiro atoms. The minimum atomic E-state index is -2.41. The van der Waals surface area contributed by atoms with Crippen LogP contribution >= 0.6 is 15.9 Å². The fourth-order valence-corrected chi connectivity index (χ4v) is 9.77. The fraction of sp³-hybridized carbons (Fsp3) is 0.571. The molecule has 0 saturated heterocycles. The van der Waals surface area contributed by atoms with Crippen LogP contribution in [0.15, 0.2) is 60.7 Å². The van der Waals surface area contributed by atoms with Crippen molar-refractivity contribution in [3.05, 3.63) is 60.7 Å². The lowest BCUT2D eigenvalue weighted by Gasteiger charge is -2.44. The minimum absolute atomic E-state index is 0.0547. The van der Waals surface area contributed by atoms with Crippen LogP contribution in [-0.2, 0) is 4.43 Å². The molecule has 0 radical (unpaired) electrons. The van der Waals surface area contributed by atoms with E-state index in [4.69, 9.17) is 4.43 Å². The van der Waals surface area contributed by atoms with Crippen LogP contribution in [0.5, 0.6) is 0 Å². The van der Waals surface area contributed by atoms with E-state index >= 15 is 0 Å². The average Bonchev–Trinajstić information content (AvgIpc) is 2.76. The summed E-state index contributed by atoms with van der Waals surface area (Å²) in [5, 5.41) is 3.96. The van der Waals surface area contributed by atoms with Crippen molar-refractivity contribution >= 4 is 34.6 Å². The first-order valence-electron chi connectivity index (χ1n) is 12.3. The Kier molecular flexibility index (Phi) is 11.6. The van der Waals surface area contributed by atoms with Crippen molar-refractivity contribution in [2.24, 2.45) is 0 Å². The lowest BCUT2D eigenvalue weighted by Crippen LogP contribution is -2.67. The molecule has 3 heteroatoms. The van der Waals surface area contributed by atoms with Crippen LogP contribution < -0.4 is 10.4 Å². The molecule has 31 heavy (non-hydrogen) atoms. The van der Waals surface area contributed by atoms with Gasteiger partial charge >= 0.3 is 0 Å². The molecule has 1 atom stereocenters. The van der Waals surface area contributed by atoms with E-state index in [1.165, 1.54) is 61.7 Å². The zero-order valence-corrected chi connectivity index (χ0v) is 22.8. The van der Waals surface area contributed by atoms with Crippen LogP contribution in [0, 0.1) is 0 Å². The summed E-state index contributed by atoms with van der Waals surface area (Å²) in [5.41, 5.74) is 0. The molecule has 0 unspecified atom stereocenters. The predicted molar refractivity (Wildman–Crippen MR) is 144 cm³/mol. The maximum atomic E-state index is 7.18. The van der Waals surface area contributed by atoms with E-state index < -0.39 is 8.32 Å². The molecule has 0 heterocycles. The van der Waals surface area contributed by atoms with Gasteiger partial charge in [-0.15, -0.1) is 0 Å². The molecular formula is C28H43BrOSi. The molecule has 2 rings (SSSR count). The van der Waals surface area contributed by atoms with Crippen molar-refractivity contribution in [1.82, 2.24) is 0 Å². The van der Waals surface area contributed by atoms with E-state index in [0.717, 1.165) is 11.8 Å². The topological polar surface area (TPSA) is 9.23 Å². The molecule has 0 bridgehead atoms. The number of hydrogen-bond acceptors (Lipinski definition) is 1. The number of halogens is 1. The third-order valence-corrected chi connectivity index (χ3v) is 12.0. The monoisotopic (exact) mass is 502 g/mol. The van der Waals surface area contributed by atoms with Gasteiger partial charge in [-0.1, -0.05) is 142 Å². The van der Waals surface area contributed by atoms with Crippen molar-refractivity contribution in [3.63, 3.8) is 0 Å². The van der Waals surface area contributed by atoms with E-state index in [0.29, 0.717) is 0 Å². The van der Waals surface area contributed by atoms with Crippen LogP contribution in [0.3, 0.4) is 0 Å². The van der Waals surface area contributed by atoms with Crippen LogP contribution in [0.25, 0.3) is 0 Å². The summed E-state index contributed by atoms with van der Waals surface area (Å²) < 4.78 is 7.18. The number of alkyl halides is 1. The summed E-state index contributed by atoms with van der Waals surface area (Å²) >= 11 is 3.52. The lowest BCUT2D eigenvalue weighted by molar-refractivity contribution is 0.192. The number of benzene rings is 2. The average molecular weight is 504 g/mol. The van der Waals surface area contributed by atoms with Gasteiger partial charge in [-0.05, 0) is 35.2 Å². The van der Waals surface area contributed by atoms with Crippen molar-refractivity contribution in [2.75, 3.05) is 5.33 Å². The van der Waals surface area contributed by atoms with Gasteiger partial charge in [0, 0.05) is 11.4 Å². The Hall–Kier alpha value is -0.903. The van der Waals surface area contributed by atoms with Gasteiger partial charge in [0.05, 0.1) is 0 Å². The minimum Gasteiger partial charge on any atom is -0.405 e.